The molecule has 1 rings (SSSR count). The fraction of sp³-hybridized carbons (Fsp3) is 0.684. The van der Waals surface area contributed by atoms with E-state index in [0.717, 1.165) is 83.1 Å². The van der Waals surface area contributed by atoms with Gasteiger partial charge in [0.25, 0.3) is 0 Å². The number of carbonyl (C=O) groups is 2. The summed E-state index contributed by atoms with van der Waals surface area (Å²) in [5.41, 5.74) is -0.802. The summed E-state index contributed by atoms with van der Waals surface area (Å²) in [7, 11) is -5.01. The largest absolute Gasteiger partial charge is 1.00 e. The van der Waals surface area contributed by atoms with Gasteiger partial charge in [0.05, 0.1) is 29.2 Å². The van der Waals surface area contributed by atoms with Crippen molar-refractivity contribution in [3.05, 3.63) is 53.6 Å². The van der Waals surface area contributed by atoms with E-state index >= 15 is 0 Å². The zero-order valence-electron chi connectivity index (χ0n) is 29.8. The number of hydrogen-bond acceptors (Lipinski definition) is 7. The molecule has 0 unspecified atom stereocenters. The van der Waals surface area contributed by atoms with Gasteiger partial charge in [0.2, 0.25) is 0 Å². The molecule has 0 aromatic heterocycles. The summed E-state index contributed by atoms with van der Waals surface area (Å²) >= 11 is 0. The number of ether oxygens (including phenoxy) is 2. The average molecular weight is 685 g/mol. The SMILES string of the molecule is CCCCCC/C=C/CCCCCCCOC(=O)c1cccc(S(=O)(=O)[O-])c1C(=O)OCCCCCCC/C=C/CCCCCC.[Na+]. The first-order chi connectivity index (χ1) is 22.3. The first kappa shape index (κ1) is 45.6. The monoisotopic (exact) mass is 684 g/mol. The van der Waals surface area contributed by atoms with E-state index in [9.17, 15) is 22.6 Å². The second kappa shape index (κ2) is 30.6. The number of hydrogen-bond donors (Lipinski definition) is 0. The Kier molecular flexibility index (Phi) is 29.7. The summed E-state index contributed by atoms with van der Waals surface area (Å²) in [4.78, 5) is 25.0. The molecule has 0 heterocycles. The van der Waals surface area contributed by atoms with Gasteiger partial charge in [-0.25, -0.2) is 18.0 Å². The molecule has 0 fully saturated rings. The van der Waals surface area contributed by atoms with Crippen LogP contribution in [0.1, 0.15) is 176 Å². The van der Waals surface area contributed by atoms with Crippen LogP contribution in [0.5, 0.6) is 0 Å². The molecule has 0 spiro atoms. The molecule has 7 nitrogen and oxygen atoms in total. The molecule has 0 bridgehead atoms. The third-order valence-corrected chi connectivity index (χ3v) is 8.88. The summed E-state index contributed by atoms with van der Waals surface area (Å²) in [5, 5.41) is 0. The summed E-state index contributed by atoms with van der Waals surface area (Å²) in [6.45, 7) is 4.66. The molecule has 0 amide bonds. The average Bonchev–Trinajstić information content (AvgIpc) is 3.04. The topological polar surface area (TPSA) is 110 Å². The molecular weight excluding hydrogens is 623 g/mol. The van der Waals surface area contributed by atoms with Gasteiger partial charge >= 0.3 is 41.5 Å². The van der Waals surface area contributed by atoms with Crippen LogP contribution in [0.25, 0.3) is 0 Å². The van der Waals surface area contributed by atoms with Gasteiger partial charge in [-0.3, -0.25) is 0 Å². The molecule has 9 heteroatoms. The van der Waals surface area contributed by atoms with Crippen molar-refractivity contribution in [2.24, 2.45) is 0 Å². The minimum absolute atomic E-state index is 0. The Labute approximate surface area is 308 Å². The van der Waals surface area contributed by atoms with Crippen LogP contribution >= 0.6 is 0 Å². The Morgan fingerprint density at radius 3 is 1.40 bits per heavy atom. The van der Waals surface area contributed by atoms with Gasteiger partial charge in [0.1, 0.15) is 10.1 Å². The van der Waals surface area contributed by atoms with Crippen LogP contribution in [0, 0.1) is 0 Å². The van der Waals surface area contributed by atoms with Crippen molar-refractivity contribution in [1.29, 1.82) is 0 Å². The standard InChI is InChI=1S/C38H62O7S.Na/c1-3-5-7-9-11-13-15-17-19-21-23-25-27-32-44-37(39)34-30-29-31-35(46(41,42)43)36(34)38(40)45-33-28-26-24-22-20-18-16-14-12-10-8-6-4-2;/h13-16,29-31H,3-12,17-28,32-33H2,1-2H3,(H,41,42,43);/q;+1/p-1/b15-13+,16-14+;. The second-order valence-electron chi connectivity index (χ2n) is 12.2. The maximum Gasteiger partial charge on any atom is 1.00 e. The Hall–Kier alpha value is -1.45. The zero-order chi connectivity index (χ0) is 33.7. The fourth-order valence-corrected chi connectivity index (χ4v) is 5.93. The Morgan fingerprint density at radius 1 is 0.596 bits per heavy atom. The number of allylic oxidation sites excluding steroid dienone is 4. The van der Waals surface area contributed by atoms with Crippen LogP contribution in [-0.2, 0) is 19.6 Å². The van der Waals surface area contributed by atoms with Crippen LogP contribution in [0.15, 0.2) is 47.4 Å². The van der Waals surface area contributed by atoms with E-state index in [0.29, 0.717) is 12.8 Å². The molecule has 262 valence electrons. The van der Waals surface area contributed by atoms with Crippen molar-refractivity contribution in [3.8, 4) is 0 Å². The van der Waals surface area contributed by atoms with E-state index in [4.69, 9.17) is 9.47 Å². The van der Waals surface area contributed by atoms with Gasteiger partial charge in [0.15, 0.2) is 0 Å². The van der Waals surface area contributed by atoms with Gasteiger partial charge < -0.3 is 14.0 Å². The van der Waals surface area contributed by atoms with Crippen molar-refractivity contribution in [1.82, 2.24) is 0 Å². The molecule has 0 aliphatic carbocycles. The summed E-state index contributed by atoms with van der Waals surface area (Å²) in [5.74, 6) is -1.84. The number of rotatable bonds is 29. The molecule has 0 saturated carbocycles. The summed E-state index contributed by atoms with van der Waals surface area (Å²) < 4.78 is 46.4. The Bertz CT molecular complexity index is 1120. The molecular formula is C38H61NaO7S. The third kappa shape index (κ3) is 23.5. The van der Waals surface area contributed by atoms with E-state index in [1.807, 2.05) is 0 Å². The summed E-state index contributed by atoms with van der Waals surface area (Å²) in [6, 6.07) is 3.58. The van der Waals surface area contributed by atoms with Crippen molar-refractivity contribution >= 4 is 22.1 Å². The summed E-state index contributed by atoms with van der Waals surface area (Å²) in [6.07, 6.45) is 33.3. The number of esters is 2. The van der Waals surface area contributed by atoms with Gasteiger partial charge in [-0.15, -0.1) is 0 Å². The quantitative estimate of drug-likeness (QED) is 0.0280. The zero-order valence-corrected chi connectivity index (χ0v) is 32.6. The molecule has 0 atom stereocenters. The molecule has 0 radical (unpaired) electrons. The minimum atomic E-state index is -5.01. The van der Waals surface area contributed by atoms with Gasteiger partial charge in [-0.1, -0.05) is 121 Å². The Balaban J connectivity index is 0.0000212. The van der Waals surface area contributed by atoms with Crippen LogP contribution in [0.4, 0.5) is 0 Å². The number of carbonyl (C=O) groups excluding carboxylic acids is 2. The number of benzene rings is 1. The maximum absolute atomic E-state index is 12.9. The van der Waals surface area contributed by atoms with Crippen LogP contribution < -0.4 is 29.6 Å². The molecule has 0 N–H and O–H groups in total. The van der Waals surface area contributed by atoms with Crippen molar-refractivity contribution < 1.29 is 61.6 Å². The Morgan fingerprint density at radius 2 is 0.979 bits per heavy atom. The minimum Gasteiger partial charge on any atom is -0.744 e. The molecule has 0 aliphatic rings. The number of unbranched alkanes of at least 4 members (excludes halogenated alkanes) is 18. The van der Waals surface area contributed by atoms with E-state index in [1.165, 1.54) is 63.5 Å². The normalized spacial score (nSPS) is 11.6. The van der Waals surface area contributed by atoms with E-state index in [2.05, 4.69) is 38.2 Å². The molecule has 47 heavy (non-hydrogen) atoms. The van der Waals surface area contributed by atoms with Gasteiger partial charge in [0, 0.05) is 0 Å². The van der Waals surface area contributed by atoms with Crippen LogP contribution in [0.2, 0.25) is 0 Å². The third-order valence-electron chi connectivity index (χ3n) is 8.00. The van der Waals surface area contributed by atoms with E-state index in [1.54, 1.807) is 0 Å². The molecule has 0 saturated heterocycles. The van der Waals surface area contributed by atoms with Crippen LogP contribution in [-0.4, -0.2) is 38.1 Å². The predicted octanol–water partition coefficient (Wildman–Crippen LogP) is 7.64. The van der Waals surface area contributed by atoms with Crippen molar-refractivity contribution in [2.45, 2.75) is 160 Å². The second-order valence-corrected chi connectivity index (χ2v) is 13.5. The molecule has 1 aromatic rings. The van der Waals surface area contributed by atoms with Crippen molar-refractivity contribution in [3.63, 3.8) is 0 Å². The maximum atomic E-state index is 12.9. The van der Waals surface area contributed by atoms with E-state index < -0.39 is 32.5 Å². The molecule has 1 aromatic carbocycles. The predicted molar refractivity (Wildman–Crippen MR) is 186 cm³/mol. The first-order valence-electron chi connectivity index (χ1n) is 18.1. The van der Waals surface area contributed by atoms with Crippen molar-refractivity contribution in [2.75, 3.05) is 13.2 Å². The van der Waals surface area contributed by atoms with Crippen LogP contribution in [0.3, 0.4) is 0 Å². The van der Waals surface area contributed by atoms with Gasteiger partial charge in [-0.05, 0) is 76.3 Å². The first-order valence-corrected chi connectivity index (χ1v) is 19.5. The van der Waals surface area contributed by atoms with Gasteiger partial charge in [-0.2, -0.15) is 0 Å². The van der Waals surface area contributed by atoms with E-state index in [-0.39, 0.29) is 48.3 Å². The molecule has 0 aliphatic heterocycles. The smallest absolute Gasteiger partial charge is 0.744 e. The fourth-order valence-electron chi connectivity index (χ4n) is 5.24.